The van der Waals surface area contributed by atoms with E-state index in [1.807, 2.05) is 0 Å². The number of aryl methyl sites for hydroxylation is 1. The average Bonchev–Trinajstić information content (AvgIpc) is 2.84. The van der Waals surface area contributed by atoms with Crippen molar-refractivity contribution in [2.24, 2.45) is 0 Å². The maximum absolute atomic E-state index is 13.1. The number of nitrogens with one attached hydrogen (secondary N) is 1. The zero-order chi connectivity index (χ0) is 15.4. The Bertz CT molecular complexity index is 687. The molecule has 8 heteroatoms. The molecule has 21 heavy (non-hydrogen) atoms. The number of amides is 1. The van der Waals surface area contributed by atoms with Crippen LogP contribution in [0.1, 0.15) is 16.1 Å². The van der Waals surface area contributed by atoms with Crippen molar-refractivity contribution < 1.29 is 23.2 Å². The number of nitrogens with zero attached hydrogens (tertiary/aromatic N) is 1. The molecule has 0 aliphatic rings. The minimum absolute atomic E-state index is 0.00157. The Hall–Kier alpha value is -2.22. The van der Waals surface area contributed by atoms with Crippen LogP contribution >= 0.6 is 15.9 Å². The normalized spacial score (nSPS) is 10.2. The van der Waals surface area contributed by atoms with E-state index in [1.165, 1.54) is 18.2 Å². The summed E-state index contributed by atoms with van der Waals surface area (Å²) in [6.45, 7) is 1.17. The quantitative estimate of drug-likeness (QED) is 0.851. The lowest BCUT2D eigenvalue weighted by Gasteiger charge is -2.06. The molecule has 0 bridgehead atoms. The zero-order valence-corrected chi connectivity index (χ0v) is 12.4. The van der Waals surface area contributed by atoms with Gasteiger partial charge >= 0.3 is 5.97 Å². The number of carbonyl (C=O) groups is 2. The van der Waals surface area contributed by atoms with Crippen LogP contribution in [0, 0.1) is 12.7 Å². The molecule has 6 nitrogen and oxygen atoms in total. The van der Waals surface area contributed by atoms with E-state index in [-0.39, 0.29) is 11.4 Å². The maximum atomic E-state index is 13.1. The monoisotopic (exact) mass is 356 g/mol. The lowest BCUT2D eigenvalue weighted by Crippen LogP contribution is -2.20. The summed E-state index contributed by atoms with van der Waals surface area (Å²) in [4.78, 5) is 23.3. The van der Waals surface area contributed by atoms with Crippen molar-refractivity contribution in [3.63, 3.8) is 0 Å². The SMILES string of the molecule is Cc1cc(NC(=O)COC(=O)c2cc(F)ccc2Br)on1. The van der Waals surface area contributed by atoms with Crippen LogP contribution in [-0.2, 0) is 9.53 Å². The lowest BCUT2D eigenvalue weighted by molar-refractivity contribution is -0.119. The lowest BCUT2D eigenvalue weighted by atomic mass is 10.2. The predicted molar refractivity (Wildman–Crippen MR) is 74.3 cm³/mol. The molecule has 0 unspecified atom stereocenters. The second kappa shape index (κ2) is 6.49. The first-order chi connectivity index (χ1) is 9.95. The molecule has 0 spiro atoms. The number of carbonyl (C=O) groups excluding carboxylic acids is 2. The van der Waals surface area contributed by atoms with Gasteiger partial charge in [0.1, 0.15) is 5.82 Å². The Morgan fingerprint density at radius 2 is 2.19 bits per heavy atom. The molecule has 0 radical (unpaired) electrons. The molecule has 2 aromatic rings. The molecule has 0 saturated carbocycles. The van der Waals surface area contributed by atoms with Gasteiger partial charge < -0.3 is 9.26 Å². The summed E-state index contributed by atoms with van der Waals surface area (Å²) in [6, 6.07) is 5.11. The van der Waals surface area contributed by atoms with Gasteiger partial charge in [0.05, 0.1) is 11.3 Å². The average molecular weight is 357 g/mol. The number of ether oxygens (including phenoxy) is 1. The number of anilines is 1. The van der Waals surface area contributed by atoms with Gasteiger partial charge in [-0.1, -0.05) is 5.16 Å². The van der Waals surface area contributed by atoms with Crippen LogP contribution in [0.25, 0.3) is 0 Å². The third-order valence-electron chi connectivity index (χ3n) is 2.37. The number of hydrogen-bond donors (Lipinski definition) is 1. The fourth-order valence-corrected chi connectivity index (χ4v) is 1.87. The van der Waals surface area contributed by atoms with E-state index in [0.29, 0.717) is 10.2 Å². The van der Waals surface area contributed by atoms with E-state index in [1.54, 1.807) is 6.92 Å². The Morgan fingerprint density at radius 1 is 1.43 bits per heavy atom. The van der Waals surface area contributed by atoms with Crippen molar-refractivity contribution >= 4 is 33.7 Å². The van der Waals surface area contributed by atoms with Crippen LogP contribution in [-0.4, -0.2) is 23.6 Å². The van der Waals surface area contributed by atoms with Gasteiger partial charge in [-0.15, -0.1) is 0 Å². The largest absolute Gasteiger partial charge is 0.452 e. The molecule has 0 saturated heterocycles. The molecular weight excluding hydrogens is 347 g/mol. The molecule has 1 aromatic heterocycles. The fraction of sp³-hybridized carbons (Fsp3) is 0.154. The summed E-state index contributed by atoms with van der Waals surface area (Å²) < 4.78 is 23.0. The van der Waals surface area contributed by atoms with Gasteiger partial charge in [0.2, 0.25) is 5.88 Å². The number of halogens is 2. The number of esters is 1. The van der Waals surface area contributed by atoms with Crippen LogP contribution < -0.4 is 5.32 Å². The third kappa shape index (κ3) is 4.12. The summed E-state index contributed by atoms with van der Waals surface area (Å²) in [6.07, 6.45) is 0. The van der Waals surface area contributed by atoms with E-state index < -0.39 is 24.3 Å². The van der Waals surface area contributed by atoms with E-state index in [2.05, 4.69) is 26.4 Å². The van der Waals surface area contributed by atoms with E-state index in [9.17, 15) is 14.0 Å². The Labute approximate surface area is 127 Å². The molecule has 0 aliphatic heterocycles. The highest BCUT2D eigenvalue weighted by atomic mass is 79.9. The van der Waals surface area contributed by atoms with Gasteiger partial charge in [0.15, 0.2) is 6.61 Å². The van der Waals surface area contributed by atoms with Crippen LogP contribution in [0.3, 0.4) is 0 Å². The smallest absolute Gasteiger partial charge is 0.339 e. The third-order valence-corrected chi connectivity index (χ3v) is 3.06. The van der Waals surface area contributed by atoms with Crippen molar-refractivity contribution in [3.8, 4) is 0 Å². The predicted octanol–water partition coefficient (Wildman–Crippen LogP) is 2.68. The van der Waals surface area contributed by atoms with Crippen LogP contribution in [0.5, 0.6) is 0 Å². The standard InChI is InChI=1S/C13H10BrFN2O4/c1-7-4-12(21-17-7)16-11(18)6-20-13(19)9-5-8(15)2-3-10(9)14/h2-5H,6H2,1H3,(H,16,18). The molecule has 0 aliphatic carbocycles. The van der Waals surface area contributed by atoms with Crippen LogP contribution in [0.4, 0.5) is 10.3 Å². The van der Waals surface area contributed by atoms with Gasteiger partial charge in [-0.25, -0.2) is 9.18 Å². The zero-order valence-electron chi connectivity index (χ0n) is 10.9. The highest BCUT2D eigenvalue weighted by molar-refractivity contribution is 9.10. The maximum Gasteiger partial charge on any atom is 0.339 e. The van der Waals surface area contributed by atoms with Gasteiger partial charge in [0.25, 0.3) is 5.91 Å². The summed E-state index contributed by atoms with van der Waals surface area (Å²) in [5, 5.41) is 5.95. The Kier molecular flexibility index (Phi) is 4.69. The highest BCUT2D eigenvalue weighted by Gasteiger charge is 2.15. The van der Waals surface area contributed by atoms with Crippen molar-refractivity contribution in [1.29, 1.82) is 0 Å². The molecular formula is C13H10BrFN2O4. The molecule has 2 rings (SSSR count). The molecule has 1 amide bonds. The molecule has 1 heterocycles. The minimum Gasteiger partial charge on any atom is -0.452 e. The van der Waals surface area contributed by atoms with Crippen LogP contribution in [0.15, 0.2) is 33.3 Å². The van der Waals surface area contributed by atoms with E-state index in [0.717, 1.165) is 6.07 Å². The summed E-state index contributed by atoms with van der Waals surface area (Å²) >= 11 is 3.10. The van der Waals surface area contributed by atoms with E-state index in [4.69, 9.17) is 9.26 Å². The van der Waals surface area contributed by atoms with E-state index >= 15 is 0 Å². The number of benzene rings is 1. The van der Waals surface area contributed by atoms with Crippen molar-refractivity contribution in [2.75, 3.05) is 11.9 Å². The number of aromatic nitrogens is 1. The molecule has 110 valence electrons. The molecule has 1 aromatic carbocycles. The summed E-state index contributed by atoms with van der Waals surface area (Å²) in [5.74, 6) is -1.83. The Balaban J connectivity index is 1.91. The minimum atomic E-state index is -0.815. The fourth-order valence-electron chi connectivity index (χ4n) is 1.46. The van der Waals surface area contributed by atoms with Crippen LogP contribution in [0.2, 0.25) is 0 Å². The number of hydrogen-bond acceptors (Lipinski definition) is 5. The Morgan fingerprint density at radius 3 is 2.86 bits per heavy atom. The topological polar surface area (TPSA) is 81.4 Å². The van der Waals surface area contributed by atoms with Crippen molar-refractivity contribution in [2.45, 2.75) is 6.92 Å². The second-order valence-corrected chi connectivity index (χ2v) is 4.94. The van der Waals surface area contributed by atoms with Gasteiger partial charge in [-0.3, -0.25) is 10.1 Å². The first-order valence-corrected chi connectivity index (χ1v) is 6.60. The second-order valence-electron chi connectivity index (χ2n) is 4.08. The molecule has 0 atom stereocenters. The van der Waals surface area contributed by atoms with Crippen molar-refractivity contribution in [3.05, 3.63) is 45.8 Å². The van der Waals surface area contributed by atoms with Gasteiger partial charge in [0, 0.05) is 10.5 Å². The molecule has 0 fully saturated rings. The summed E-state index contributed by atoms with van der Waals surface area (Å²) in [5.41, 5.74) is 0.601. The van der Waals surface area contributed by atoms with Crippen molar-refractivity contribution in [1.82, 2.24) is 5.16 Å². The van der Waals surface area contributed by atoms with Gasteiger partial charge in [-0.05, 0) is 41.1 Å². The number of rotatable bonds is 4. The highest BCUT2D eigenvalue weighted by Crippen LogP contribution is 2.18. The first kappa shape index (κ1) is 15.2. The summed E-state index contributed by atoms with van der Waals surface area (Å²) in [7, 11) is 0. The molecule has 1 N–H and O–H groups in total. The first-order valence-electron chi connectivity index (χ1n) is 5.81. The van der Waals surface area contributed by atoms with Gasteiger partial charge in [-0.2, -0.15) is 0 Å².